The SMILES string of the molecule is Cc1ccc([C@H](C)NC(=O)Cn2cnc(-c3noc(-c4ccncc4)n3)c2)cc1. The van der Waals surface area contributed by atoms with Gasteiger partial charge < -0.3 is 14.4 Å². The normalized spacial score (nSPS) is 11.9. The Labute approximate surface area is 167 Å². The quantitative estimate of drug-likeness (QED) is 0.545. The molecule has 1 N–H and O–H groups in total. The first-order chi connectivity index (χ1) is 14.1. The van der Waals surface area contributed by atoms with Crippen LogP contribution in [0.3, 0.4) is 0 Å². The van der Waals surface area contributed by atoms with Gasteiger partial charge in [-0.15, -0.1) is 0 Å². The molecule has 3 heterocycles. The van der Waals surface area contributed by atoms with Crippen molar-refractivity contribution in [2.45, 2.75) is 26.4 Å². The summed E-state index contributed by atoms with van der Waals surface area (Å²) in [4.78, 5) is 25.0. The minimum atomic E-state index is -0.104. The van der Waals surface area contributed by atoms with Gasteiger partial charge in [-0.3, -0.25) is 9.78 Å². The van der Waals surface area contributed by atoms with E-state index in [1.165, 1.54) is 5.56 Å². The number of nitrogens with zero attached hydrogens (tertiary/aromatic N) is 5. The highest BCUT2D eigenvalue weighted by Crippen LogP contribution is 2.20. The van der Waals surface area contributed by atoms with Crippen molar-refractivity contribution in [1.82, 2.24) is 30.0 Å². The van der Waals surface area contributed by atoms with Crippen molar-refractivity contribution in [3.63, 3.8) is 0 Å². The van der Waals surface area contributed by atoms with Crippen molar-refractivity contribution in [2.75, 3.05) is 0 Å². The smallest absolute Gasteiger partial charge is 0.258 e. The van der Waals surface area contributed by atoms with E-state index in [1.807, 2.05) is 38.1 Å². The number of rotatable bonds is 6. The van der Waals surface area contributed by atoms with Crippen LogP contribution < -0.4 is 5.32 Å². The Balaban J connectivity index is 1.40. The van der Waals surface area contributed by atoms with Gasteiger partial charge in [0, 0.05) is 24.2 Å². The van der Waals surface area contributed by atoms with Crippen LogP contribution >= 0.6 is 0 Å². The Morgan fingerprint density at radius 3 is 2.69 bits per heavy atom. The fourth-order valence-corrected chi connectivity index (χ4v) is 2.89. The molecule has 4 rings (SSSR count). The number of hydrogen-bond donors (Lipinski definition) is 1. The van der Waals surface area contributed by atoms with Gasteiger partial charge in [0.25, 0.3) is 5.89 Å². The third-order valence-corrected chi connectivity index (χ3v) is 4.50. The number of aryl methyl sites for hydroxylation is 1. The van der Waals surface area contributed by atoms with E-state index in [0.717, 1.165) is 11.1 Å². The summed E-state index contributed by atoms with van der Waals surface area (Å²) < 4.78 is 6.98. The summed E-state index contributed by atoms with van der Waals surface area (Å²) in [6.07, 6.45) is 6.61. The maximum Gasteiger partial charge on any atom is 0.258 e. The number of amides is 1. The number of imidazole rings is 1. The molecule has 0 saturated carbocycles. The van der Waals surface area contributed by atoms with Gasteiger partial charge in [0.2, 0.25) is 11.7 Å². The number of benzene rings is 1. The topological polar surface area (TPSA) is 98.7 Å². The van der Waals surface area contributed by atoms with Crippen molar-refractivity contribution in [3.8, 4) is 23.0 Å². The zero-order valence-electron chi connectivity index (χ0n) is 16.1. The first-order valence-corrected chi connectivity index (χ1v) is 9.20. The van der Waals surface area contributed by atoms with E-state index in [9.17, 15) is 4.79 Å². The molecule has 4 aromatic rings. The van der Waals surface area contributed by atoms with Crippen molar-refractivity contribution in [2.24, 2.45) is 0 Å². The van der Waals surface area contributed by atoms with Crippen LogP contribution in [0.1, 0.15) is 24.1 Å². The second-order valence-electron chi connectivity index (χ2n) is 6.79. The number of carbonyl (C=O) groups excluding carboxylic acids is 1. The van der Waals surface area contributed by atoms with Crippen LogP contribution in [-0.2, 0) is 11.3 Å². The molecule has 0 bridgehead atoms. The first kappa shape index (κ1) is 18.5. The lowest BCUT2D eigenvalue weighted by molar-refractivity contribution is -0.122. The minimum Gasteiger partial charge on any atom is -0.348 e. The average Bonchev–Trinajstić information content (AvgIpc) is 3.38. The second-order valence-corrected chi connectivity index (χ2v) is 6.79. The molecule has 0 aliphatic heterocycles. The van der Waals surface area contributed by atoms with Gasteiger partial charge in [0.05, 0.1) is 12.4 Å². The molecular weight excluding hydrogens is 368 g/mol. The Morgan fingerprint density at radius 1 is 1.17 bits per heavy atom. The van der Waals surface area contributed by atoms with E-state index in [1.54, 1.807) is 41.6 Å². The number of hydrogen-bond acceptors (Lipinski definition) is 6. The monoisotopic (exact) mass is 388 g/mol. The van der Waals surface area contributed by atoms with E-state index < -0.39 is 0 Å². The average molecular weight is 388 g/mol. The predicted octanol–water partition coefficient (Wildman–Crippen LogP) is 3.18. The minimum absolute atomic E-state index is 0.0776. The summed E-state index contributed by atoms with van der Waals surface area (Å²) in [6, 6.07) is 11.6. The standard InChI is InChI=1S/C21H20N6O2/c1-14-3-5-16(6-4-14)15(2)24-19(28)12-27-11-18(23-13-27)20-25-21(29-26-20)17-7-9-22-10-8-17/h3-11,13,15H,12H2,1-2H3,(H,24,28)/t15-/m0/s1. The second kappa shape index (κ2) is 8.05. The van der Waals surface area contributed by atoms with Crippen molar-refractivity contribution >= 4 is 5.91 Å². The van der Waals surface area contributed by atoms with E-state index in [0.29, 0.717) is 17.4 Å². The molecule has 0 unspecified atom stereocenters. The van der Waals surface area contributed by atoms with Gasteiger partial charge in [-0.1, -0.05) is 35.0 Å². The van der Waals surface area contributed by atoms with Gasteiger partial charge in [0.15, 0.2) is 0 Å². The van der Waals surface area contributed by atoms with E-state index in [4.69, 9.17) is 4.52 Å². The van der Waals surface area contributed by atoms with Crippen molar-refractivity contribution in [1.29, 1.82) is 0 Å². The molecule has 0 radical (unpaired) electrons. The zero-order valence-corrected chi connectivity index (χ0v) is 16.1. The lowest BCUT2D eigenvalue weighted by Crippen LogP contribution is -2.29. The molecule has 29 heavy (non-hydrogen) atoms. The van der Waals surface area contributed by atoms with E-state index in [2.05, 4.69) is 25.4 Å². The lowest BCUT2D eigenvalue weighted by atomic mass is 10.1. The largest absolute Gasteiger partial charge is 0.348 e. The van der Waals surface area contributed by atoms with Gasteiger partial charge in [0.1, 0.15) is 12.2 Å². The van der Waals surface area contributed by atoms with Gasteiger partial charge in [-0.05, 0) is 31.5 Å². The van der Waals surface area contributed by atoms with Crippen LogP contribution in [0.4, 0.5) is 0 Å². The molecule has 1 aromatic carbocycles. The maximum absolute atomic E-state index is 12.4. The Hall–Kier alpha value is -3.81. The first-order valence-electron chi connectivity index (χ1n) is 9.20. The number of nitrogens with one attached hydrogen (secondary N) is 1. The Kier molecular flexibility index (Phi) is 5.15. The Morgan fingerprint density at radius 2 is 1.93 bits per heavy atom. The van der Waals surface area contributed by atoms with Crippen LogP contribution in [0.15, 0.2) is 65.8 Å². The molecule has 0 spiro atoms. The summed E-state index contributed by atoms with van der Waals surface area (Å²) in [5.41, 5.74) is 3.56. The summed E-state index contributed by atoms with van der Waals surface area (Å²) in [7, 11) is 0. The molecule has 146 valence electrons. The van der Waals surface area contributed by atoms with E-state index in [-0.39, 0.29) is 18.5 Å². The highest BCUT2D eigenvalue weighted by Gasteiger charge is 2.14. The maximum atomic E-state index is 12.4. The number of carbonyl (C=O) groups is 1. The molecule has 0 aliphatic carbocycles. The fourth-order valence-electron chi connectivity index (χ4n) is 2.89. The molecule has 8 nitrogen and oxygen atoms in total. The van der Waals surface area contributed by atoms with Crippen LogP contribution in [0.25, 0.3) is 23.0 Å². The summed E-state index contributed by atoms with van der Waals surface area (Å²) >= 11 is 0. The third kappa shape index (κ3) is 4.37. The van der Waals surface area contributed by atoms with Crippen LogP contribution in [-0.4, -0.2) is 30.6 Å². The summed E-state index contributed by atoms with van der Waals surface area (Å²) in [5.74, 6) is 0.651. The van der Waals surface area contributed by atoms with Crippen molar-refractivity contribution < 1.29 is 9.32 Å². The molecule has 1 amide bonds. The molecule has 0 fully saturated rings. The van der Waals surface area contributed by atoms with Gasteiger partial charge in [-0.2, -0.15) is 4.98 Å². The highest BCUT2D eigenvalue weighted by atomic mass is 16.5. The molecule has 0 saturated heterocycles. The molecule has 8 heteroatoms. The summed E-state index contributed by atoms with van der Waals surface area (Å²) in [5, 5.41) is 6.96. The fraction of sp³-hybridized carbons (Fsp3) is 0.190. The van der Waals surface area contributed by atoms with Crippen LogP contribution in [0.5, 0.6) is 0 Å². The lowest BCUT2D eigenvalue weighted by Gasteiger charge is -2.14. The molecular formula is C21H20N6O2. The van der Waals surface area contributed by atoms with Crippen molar-refractivity contribution in [3.05, 3.63) is 72.4 Å². The Bertz CT molecular complexity index is 1100. The third-order valence-electron chi connectivity index (χ3n) is 4.50. The number of aromatic nitrogens is 5. The molecule has 0 aliphatic rings. The highest BCUT2D eigenvalue weighted by molar-refractivity contribution is 5.76. The number of pyridine rings is 1. The van der Waals surface area contributed by atoms with Crippen LogP contribution in [0, 0.1) is 6.92 Å². The summed E-state index contributed by atoms with van der Waals surface area (Å²) in [6.45, 7) is 4.15. The van der Waals surface area contributed by atoms with E-state index >= 15 is 0 Å². The molecule has 3 aromatic heterocycles. The van der Waals surface area contributed by atoms with Gasteiger partial charge >= 0.3 is 0 Å². The predicted molar refractivity (Wildman–Crippen MR) is 106 cm³/mol. The molecule has 1 atom stereocenters. The zero-order chi connectivity index (χ0) is 20.2. The van der Waals surface area contributed by atoms with Gasteiger partial charge in [-0.25, -0.2) is 4.98 Å². The van der Waals surface area contributed by atoms with Crippen LogP contribution in [0.2, 0.25) is 0 Å².